The summed E-state index contributed by atoms with van der Waals surface area (Å²) in [5.41, 5.74) is 0. The van der Waals surface area contributed by atoms with E-state index >= 15 is 0 Å². The zero-order valence-electron chi connectivity index (χ0n) is 12.4. The Balaban J connectivity index is -0.0000000579. The summed E-state index contributed by atoms with van der Waals surface area (Å²) in [6.07, 6.45) is -9.06. The Morgan fingerprint density at radius 2 is 0.542 bits per heavy atom. The normalized spacial score (nSPS) is 13.2. The van der Waals surface area contributed by atoms with E-state index < -0.39 is 48.3 Å². The van der Waals surface area contributed by atoms with Crippen LogP contribution in [0.3, 0.4) is 0 Å². The molecule has 0 aromatic heterocycles. The third-order valence-electron chi connectivity index (χ3n) is 1.61. The van der Waals surface area contributed by atoms with E-state index in [0.717, 1.165) is 0 Å². The van der Waals surface area contributed by atoms with Crippen LogP contribution in [0.15, 0.2) is 0 Å². The van der Waals surface area contributed by atoms with E-state index in [1.54, 1.807) is 0 Å². The number of carboxylic acids is 4. The zero-order chi connectivity index (χ0) is 16.6. The topological polar surface area (TPSA) is 230 Å². The molecule has 0 aliphatic rings. The first kappa shape index (κ1) is 41.1. The van der Waals surface area contributed by atoms with Crippen LogP contribution in [0.25, 0.3) is 0 Å². The Morgan fingerprint density at radius 3 is 0.583 bits per heavy atom. The monoisotopic (exact) mass is 620 g/mol. The minimum Gasteiger partial charge on any atom is -0.479 e. The quantitative estimate of drug-likeness (QED) is 0.129. The zero-order valence-corrected chi connectivity index (χ0v) is 23.8. The summed E-state index contributed by atoms with van der Waals surface area (Å²) in [6.45, 7) is 0. The summed E-state index contributed by atoms with van der Waals surface area (Å²) in [6, 6.07) is 0. The molecule has 0 spiro atoms. The second-order valence-corrected chi connectivity index (χ2v) is 3.13. The van der Waals surface area contributed by atoms with E-state index in [2.05, 4.69) is 0 Å². The molecule has 0 amide bonds. The molecule has 0 aliphatic carbocycles. The van der Waals surface area contributed by atoms with Gasteiger partial charge in [-0.25, -0.2) is 19.2 Å². The van der Waals surface area contributed by atoms with Crippen molar-refractivity contribution >= 4 is 72.7 Å². The predicted molar refractivity (Wildman–Crippen MR) is 66.1 cm³/mol. The molecule has 126 valence electrons. The molecule has 16 heteroatoms. The molecular formula is C8H12K2O12Sb2+2. The first-order valence-electron chi connectivity index (χ1n) is 4.57. The van der Waals surface area contributed by atoms with Crippen molar-refractivity contribution in [1.82, 2.24) is 0 Å². The summed E-state index contributed by atoms with van der Waals surface area (Å²) < 4.78 is 0. The molecule has 0 saturated heterocycles. The smallest absolute Gasteiger partial charge is 0.479 e. The maximum absolute atomic E-state index is 9.77. The van der Waals surface area contributed by atoms with Gasteiger partial charge in [0, 0.05) is 48.9 Å². The van der Waals surface area contributed by atoms with Crippen LogP contribution < -0.4 is 103 Å². The van der Waals surface area contributed by atoms with Gasteiger partial charge in [-0.2, -0.15) is 0 Å². The van der Waals surface area contributed by atoms with Crippen molar-refractivity contribution in [2.45, 2.75) is 24.4 Å². The molecule has 24 heavy (non-hydrogen) atoms. The van der Waals surface area contributed by atoms with E-state index in [0.29, 0.717) is 0 Å². The fraction of sp³-hybridized carbons (Fsp3) is 0.500. The molecule has 4 atom stereocenters. The van der Waals surface area contributed by atoms with Gasteiger partial charge in [0.1, 0.15) is 0 Å². The van der Waals surface area contributed by atoms with Gasteiger partial charge in [-0.1, -0.05) is 0 Å². The Hall–Kier alpha value is 2.63. The minimum atomic E-state index is -2.27. The van der Waals surface area contributed by atoms with Crippen LogP contribution in [0.4, 0.5) is 0 Å². The van der Waals surface area contributed by atoms with Crippen LogP contribution in [0, 0.1) is 0 Å². The average molecular weight is 622 g/mol. The molecule has 0 rings (SSSR count). The summed E-state index contributed by atoms with van der Waals surface area (Å²) in [5.74, 6) is -7.07. The Labute approximate surface area is 254 Å². The van der Waals surface area contributed by atoms with Gasteiger partial charge in [0.25, 0.3) is 0 Å². The Bertz CT molecular complexity index is 323. The Morgan fingerprint density at radius 1 is 0.458 bits per heavy atom. The van der Waals surface area contributed by atoms with Crippen molar-refractivity contribution in [2.75, 3.05) is 0 Å². The average Bonchev–Trinajstić information content (AvgIpc) is 2.35. The van der Waals surface area contributed by atoms with Crippen LogP contribution in [0.2, 0.25) is 0 Å². The summed E-state index contributed by atoms with van der Waals surface area (Å²) in [4.78, 5) is 39.1. The minimum absolute atomic E-state index is 0. The fourth-order valence-electron chi connectivity index (χ4n) is 0.540. The van der Waals surface area contributed by atoms with Gasteiger partial charge in [0.05, 0.1) is 0 Å². The van der Waals surface area contributed by atoms with Crippen LogP contribution in [0.5, 0.6) is 0 Å². The molecule has 0 heterocycles. The maximum atomic E-state index is 9.77. The van der Waals surface area contributed by atoms with E-state index in [1.165, 1.54) is 0 Å². The first-order valence-corrected chi connectivity index (χ1v) is 4.57. The van der Waals surface area contributed by atoms with E-state index in [4.69, 9.17) is 40.9 Å². The first-order chi connectivity index (χ1) is 8.93. The van der Waals surface area contributed by atoms with Crippen LogP contribution in [-0.2, 0) is 19.2 Å². The predicted octanol–water partition coefficient (Wildman–Crippen LogP) is -11.0. The number of rotatable bonds is 6. The number of aliphatic hydroxyl groups excluding tert-OH is 4. The van der Waals surface area contributed by atoms with Gasteiger partial charge in [-0.3, -0.25) is 0 Å². The van der Waals surface area contributed by atoms with Crippen LogP contribution in [-0.4, -0.2) is 138 Å². The van der Waals surface area contributed by atoms with Gasteiger partial charge in [0.2, 0.25) is 0 Å². The van der Waals surface area contributed by atoms with Crippen molar-refractivity contribution < 1.29 is 163 Å². The van der Waals surface area contributed by atoms with Crippen molar-refractivity contribution in [1.29, 1.82) is 0 Å². The molecular weight excluding hydrogens is 610 g/mol. The summed E-state index contributed by atoms with van der Waals surface area (Å²) in [7, 11) is 0. The van der Waals surface area contributed by atoms with Crippen molar-refractivity contribution in [2.24, 2.45) is 0 Å². The molecule has 0 fully saturated rings. The molecule has 0 aromatic carbocycles. The maximum Gasteiger partial charge on any atom is 1.00 e. The van der Waals surface area contributed by atoms with Gasteiger partial charge >= 0.3 is 127 Å². The van der Waals surface area contributed by atoms with Gasteiger partial charge in [-0.15, -0.1) is 0 Å². The third-order valence-corrected chi connectivity index (χ3v) is 1.61. The molecule has 0 saturated carbocycles. The van der Waals surface area contributed by atoms with Crippen molar-refractivity contribution in [3.8, 4) is 0 Å². The second-order valence-electron chi connectivity index (χ2n) is 3.13. The SMILES string of the molecule is O=C(O)C(O)C(O)C(=O)O.O=C(O)C(O)C(O)C(=O)O.[K+].[K+].[Sb].[Sb]. The summed E-state index contributed by atoms with van der Waals surface area (Å²) in [5, 5.41) is 65.1. The third kappa shape index (κ3) is 19.4. The van der Waals surface area contributed by atoms with E-state index in [-0.39, 0.29) is 152 Å². The van der Waals surface area contributed by atoms with E-state index in [1.807, 2.05) is 0 Å². The molecule has 6 radical (unpaired) electrons. The van der Waals surface area contributed by atoms with E-state index in [9.17, 15) is 19.2 Å². The number of carboxylic acid groups (broad SMARTS) is 4. The number of aliphatic hydroxyl groups is 4. The standard InChI is InChI=1S/2C4H6O6.2K.2Sb/c2*5-1(3(7)8)2(6)4(9)10;;;;/h2*1-2,5-6H,(H,7,8)(H,9,10);;;;/q;;2*+1;;. The van der Waals surface area contributed by atoms with Crippen LogP contribution in [0.1, 0.15) is 0 Å². The largest absolute Gasteiger partial charge is 1.00 e. The van der Waals surface area contributed by atoms with Crippen molar-refractivity contribution in [3.05, 3.63) is 0 Å². The number of aliphatic carboxylic acids is 4. The molecule has 0 aromatic rings. The van der Waals surface area contributed by atoms with Crippen molar-refractivity contribution in [3.63, 3.8) is 0 Å². The molecule has 8 N–H and O–H groups in total. The number of carbonyl (C=O) groups is 4. The molecule has 12 nitrogen and oxygen atoms in total. The number of hydrogen-bond donors (Lipinski definition) is 8. The number of hydrogen-bond acceptors (Lipinski definition) is 8. The van der Waals surface area contributed by atoms with Gasteiger partial charge < -0.3 is 40.9 Å². The molecule has 0 aliphatic heterocycles. The Kier molecular flexibility index (Phi) is 37.5. The molecule has 0 bridgehead atoms. The summed E-state index contributed by atoms with van der Waals surface area (Å²) >= 11 is 0. The molecule has 4 unspecified atom stereocenters. The fourth-order valence-corrected chi connectivity index (χ4v) is 0.540. The second kappa shape index (κ2) is 21.9. The van der Waals surface area contributed by atoms with Crippen LogP contribution >= 0.6 is 0 Å². The van der Waals surface area contributed by atoms with Gasteiger partial charge in [0.15, 0.2) is 24.4 Å². The van der Waals surface area contributed by atoms with Gasteiger partial charge in [-0.05, 0) is 0 Å².